The number of rotatable bonds is 5. The number of aliphatic hydroxyl groups is 1. The monoisotopic (exact) mass is 284 g/mol. The van der Waals surface area contributed by atoms with E-state index in [1.54, 1.807) is 0 Å². The molecule has 118 valence electrons. The van der Waals surface area contributed by atoms with E-state index in [1.165, 1.54) is 32.1 Å². The van der Waals surface area contributed by atoms with Gasteiger partial charge in [-0.05, 0) is 38.1 Å². The SMILES string of the molecule is CCCC1CCC(CN)C(N2CC(CO)OCC2C)C1. The van der Waals surface area contributed by atoms with Crippen LogP contribution in [0.2, 0.25) is 0 Å². The molecule has 2 fully saturated rings. The molecule has 5 atom stereocenters. The summed E-state index contributed by atoms with van der Waals surface area (Å²) >= 11 is 0. The van der Waals surface area contributed by atoms with Gasteiger partial charge in [0.25, 0.3) is 0 Å². The lowest BCUT2D eigenvalue weighted by Crippen LogP contribution is -2.57. The van der Waals surface area contributed by atoms with Crippen LogP contribution in [0.4, 0.5) is 0 Å². The van der Waals surface area contributed by atoms with E-state index in [0.29, 0.717) is 18.0 Å². The first-order valence-electron chi connectivity index (χ1n) is 8.37. The fourth-order valence-electron chi connectivity index (χ4n) is 4.06. The van der Waals surface area contributed by atoms with Gasteiger partial charge in [-0.25, -0.2) is 0 Å². The second-order valence-corrected chi connectivity index (χ2v) is 6.71. The number of hydrogen-bond donors (Lipinski definition) is 2. The van der Waals surface area contributed by atoms with Gasteiger partial charge in [-0.1, -0.05) is 26.2 Å². The van der Waals surface area contributed by atoms with Crippen molar-refractivity contribution in [3.63, 3.8) is 0 Å². The average molecular weight is 284 g/mol. The zero-order valence-electron chi connectivity index (χ0n) is 13.1. The van der Waals surface area contributed by atoms with Crippen molar-refractivity contribution in [2.45, 2.75) is 64.1 Å². The molecule has 1 saturated carbocycles. The maximum absolute atomic E-state index is 9.38. The molecule has 3 N–H and O–H groups in total. The van der Waals surface area contributed by atoms with Gasteiger partial charge in [0.2, 0.25) is 0 Å². The largest absolute Gasteiger partial charge is 0.394 e. The first-order chi connectivity index (χ1) is 9.69. The van der Waals surface area contributed by atoms with Crippen LogP contribution in [0.3, 0.4) is 0 Å². The lowest BCUT2D eigenvalue weighted by atomic mass is 9.75. The molecular weight excluding hydrogens is 252 g/mol. The topological polar surface area (TPSA) is 58.7 Å². The molecule has 0 aromatic heterocycles. The van der Waals surface area contributed by atoms with Crippen molar-refractivity contribution in [2.75, 3.05) is 26.3 Å². The van der Waals surface area contributed by atoms with Crippen LogP contribution in [0, 0.1) is 11.8 Å². The maximum Gasteiger partial charge on any atom is 0.0933 e. The van der Waals surface area contributed by atoms with Crippen LogP contribution in [0.5, 0.6) is 0 Å². The van der Waals surface area contributed by atoms with Crippen LogP contribution in [0.1, 0.15) is 46.0 Å². The third-order valence-electron chi connectivity index (χ3n) is 5.25. The van der Waals surface area contributed by atoms with Crippen molar-refractivity contribution in [3.05, 3.63) is 0 Å². The van der Waals surface area contributed by atoms with Crippen molar-refractivity contribution >= 4 is 0 Å². The molecule has 4 nitrogen and oxygen atoms in total. The van der Waals surface area contributed by atoms with Crippen LogP contribution in [-0.2, 0) is 4.74 Å². The number of nitrogens with two attached hydrogens (primary N) is 1. The fraction of sp³-hybridized carbons (Fsp3) is 1.00. The van der Waals surface area contributed by atoms with Crippen LogP contribution in [0.25, 0.3) is 0 Å². The summed E-state index contributed by atoms with van der Waals surface area (Å²) in [6.07, 6.45) is 6.49. The lowest BCUT2D eigenvalue weighted by Gasteiger charge is -2.48. The van der Waals surface area contributed by atoms with E-state index in [1.807, 2.05) is 0 Å². The summed E-state index contributed by atoms with van der Waals surface area (Å²) in [4.78, 5) is 2.57. The van der Waals surface area contributed by atoms with Crippen LogP contribution >= 0.6 is 0 Å². The summed E-state index contributed by atoms with van der Waals surface area (Å²) in [6.45, 7) is 7.03. The second-order valence-electron chi connectivity index (χ2n) is 6.71. The van der Waals surface area contributed by atoms with Crippen molar-refractivity contribution in [3.8, 4) is 0 Å². The Balaban J connectivity index is 2.04. The molecule has 0 radical (unpaired) electrons. The molecule has 0 bridgehead atoms. The zero-order chi connectivity index (χ0) is 14.5. The summed E-state index contributed by atoms with van der Waals surface area (Å²) in [5.74, 6) is 1.47. The molecule has 1 aliphatic carbocycles. The van der Waals surface area contributed by atoms with Crippen LogP contribution in [-0.4, -0.2) is 54.5 Å². The van der Waals surface area contributed by atoms with E-state index >= 15 is 0 Å². The van der Waals surface area contributed by atoms with Crippen molar-refractivity contribution in [2.24, 2.45) is 17.6 Å². The Labute approximate surface area is 123 Å². The Kier molecular flexibility index (Phi) is 6.27. The van der Waals surface area contributed by atoms with Crippen molar-refractivity contribution in [1.82, 2.24) is 4.90 Å². The number of ether oxygens (including phenoxy) is 1. The zero-order valence-corrected chi connectivity index (χ0v) is 13.1. The van der Waals surface area contributed by atoms with Gasteiger partial charge in [0.1, 0.15) is 0 Å². The summed E-state index contributed by atoms with van der Waals surface area (Å²) in [7, 11) is 0. The number of aliphatic hydroxyl groups excluding tert-OH is 1. The molecule has 1 saturated heterocycles. The van der Waals surface area contributed by atoms with Crippen LogP contribution in [0.15, 0.2) is 0 Å². The van der Waals surface area contributed by atoms with E-state index in [9.17, 15) is 5.11 Å². The van der Waals surface area contributed by atoms with E-state index in [4.69, 9.17) is 10.5 Å². The first kappa shape index (κ1) is 16.2. The van der Waals surface area contributed by atoms with E-state index in [2.05, 4.69) is 18.7 Å². The van der Waals surface area contributed by atoms with Gasteiger partial charge in [-0.3, -0.25) is 4.90 Å². The molecule has 0 spiro atoms. The normalized spacial score (nSPS) is 39.9. The molecule has 4 heteroatoms. The third kappa shape index (κ3) is 3.73. The Hall–Kier alpha value is -0.160. The van der Waals surface area contributed by atoms with Gasteiger partial charge in [-0.2, -0.15) is 0 Å². The predicted molar refractivity (Wildman–Crippen MR) is 81.6 cm³/mol. The molecule has 2 rings (SSSR count). The smallest absolute Gasteiger partial charge is 0.0933 e. The van der Waals surface area contributed by atoms with E-state index in [-0.39, 0.29) is 12.7 Å². The molecule has 5 unspecified atom stereocenters. The fourth-order valence-corrected chi connectivity index (χ4v) is 4.06. The highest BCUT2D eigenvalue weighted by atomic mass is 16.5. The second kappa shape index (κ2) is 7.74. The maximum atomic E-state index is 9.38. The molecule has 20 heavy (non-hydrogen) atoms. The highest BCUT2D eigenvalue weighted by molar-refractivity contribution is 4.91. The minimum absolute atomic E-state index is 0.0174. The van der Waals surface area contributed by atoms with Crippen molar-refractivity contribution in [1.29, 1.82) is 0 Å². The summed E-state index contributed by atoms with van der Waals surface area (Å²) in [6, 6.07) is 1.02. The standard InChI is InChI=1S/C16H32N2O2/c1-3-4-13-5-6-14(8-17)16(7-13)18-9-15(10-19)20-11-12(18)2/h12-16,19H,3-11,17H2,1-2H3. The van der Waals surface area contributed by atoms with Gasteiger partial charge in [0, 0.05) is 18.6 Å². The van der Waals surface area contributed by atoms with Gasteiger partial charge in [0.05, 0.1) is 19.3 Å². The Morgan fingerprint density at radius 2 is 2.15 bits per heavy atom. The summed E-state index contributed by atoms with van der Waals surface area (Å²) in [5.41, 5.74) is 6.03. The van der Waals surface area contributed by atoms with Gasteiger partial charge < -0.3 is 15.6 Å². The number of hydrogen-bond acceptors (Lipinski definition) is 4. The first-order valence-corrected chi connectivity index (χ1v) is 8.37. The molecule has 1 aliphatic heterocycles. The lowest BCUT2D eigenvalue weighted by molar-refractivity contribution is -0.105. The van der Waals surface area contributed by atoms with Crippen LogP contribution < -0.4 is 5.73 Å². The number of nitrogens with zero attached hydrogens (tertiary/aromatic N) is 1. The highest BCUT2D eigenvalue weighted by Crippen LogP contribution is 2.36. The van der Waals surface area contributed by atoms with Gasteiger partial charge in [-0.15, -0.1) is 0 Å². The summed E-state index contributed by atoms with van der Waals surface area (Å²) < 4.78 is 5.68. The van der Waals surface area contributed by atoms with Gasteiger partial charge in [0.15, 0.2) is 0 Å². The third-order valence-corrected chi connectivity index (χ3v) is 5.25. The molecule has 1 heterocycles. The molecule has 2 aliphatic rings. The molecule has 0 aromatic carbocycles. The van der Waals surface area contributed by atoms with Crippen molar-refractivity contribution < 1.29 is 9.84 Å². The van der Waals surface area contributed by atoms with E-state index < -0.39 is 0 Å². The predicted octanol–water partition coefficient (Wildman–Crippen LogP) is 1.61. The minimum Gasteiger partial charge on any atom is -0.394 e. The van der Waals surface area contributed by atoms with Gasteiger partial charge >= 0.3 is 0 Å². The quantitative estimate of drug-likeness (QED) is 0.805. The molecule has 0 aromatic rings. The average Bonchev–Trinajstić information content (AvgIpc) is 2.48. The summed E-state index contributed by atoms with van der Waals surface area (Å²) in [5, 5.41) is 9.38. The molecule has 0 amide bonds. The number of morpholine rings is 1. The highest BCUT2D eigenvalue weighted by Gasteiger charge is 2.38. The Morgan fingerprint density at radius 3 is 2.80 bits per heavy atom. The van der Waals surface area contributed by atoms with E-state index in [0.717, 1.165) is 25.6 Å². The Bertz CT molecular complexity index is 288. The molecular formula is C16H32N2O2. The minimum atomic E-state index is -0.0174. The Morgan fingerprint density at radius 1 is 1.35 bits per heavy atom.